The average molecular weight is 294 g/mol. The van der Waals surface area contributed by atoms with E-state index in [9.17, 15) is 9.59 Å². The molecule has 0 aromatic rings. The van der Waals surface area contributed by atoms with Gasteiger partial charge in [-0.15, -0.1) is 0 Å². The maximum Gasteiger partial charge on any atom is 0.133 e. The Morgan fingerprint density at radius 1 is 0.810 bits per heavy atom. The lowest BCUT2D eigenvalue weighted by Crippen LogP contribution is -2.22. The minimum absolute atomic E-state index is 0.323. The maximum atomic E-state index is 12.2. The van der Waals surface area contributed by atoms with E-state index in [1.165, 1.54) is 44.9 Å². The summed E-state index contributed by atoms with van der Waals surface area (Å²) in [5, 5.41) is 0. The summed E-state index contributed by atoms with van der Waals surface area (Å²) in [4.78, 5) is 23.6. The smallest absolute Gasteiger partial charge is 0.133 e. The van der Waals surface area contributed by atoms with Crippen molar-refractivity contribution in [3.63, 3.8) is 0 Å². The first-order chi connectivity index (χ1) is 10.2. The van der Waals surface area contributed by atoms with E-state index >= 15 is 0 Å². The second-order valence-electron chi connectivity index (χ2n) is 6.83. The summed E-state index contributed by atoms with van der Waals surface area (Å²) in [5.41, 5.74) is 0. The highest BCUT2D eigenvalue weighted by Crippen LogP contribution is 2.36. The molecular weight excluding hydrogens is 260 g/mol. The molecule has 0 aliphatic heterocycles. The summed E-state index contributed by atoms with van der Waals surface area (Å²) in [7, 11) is 0. The normalized spacial score (nSPS) is 22.2. The van der Waals surface area contributed by atoms with Crippen LogP contribution in [0.25, 0.3) is 0 Å². The summed E-state index contributed by atoms with van der Waals surface area (Å²) >= 11 is 0. The number of ketones is 2. The first-order valence-electron chi connectivity index (χ1n) is 9.20. The number of hydrogen-bond acceptors (Lipinski definition) is 2. The van der Waals surface area contributed by atoms with Crippen molar-refractivity contribution in [2.45, 2.75) is 97.3 Å². The van der Waals surface area contributed by atoms with Crippen molar-refractivity contribution in [1.29, 1.82) is 0 Å². The molecule has 0 spiro atoms. The Labute approximate surface area is 131 Å². The van der Waals surface area contributed by atoms with E-state index in [1.54, 1.807) is 0 Å². The van der Waals surface area contributed by atoms with Crippen LogP contribution in [0.2, 0.25) is 0 Å². The summed E-state index contributed by atoms with van der Waals surface area (Å²) in [6, 6.07) is 0. The van der Waals surface area contributed by atoms with Gasteiger partial charge in [0.1, 0.15) is 11.6 Å². The molecule has 2 unspecified atom stereocenters. The van der Waals surface area contributed by atoms with Crippen molar-refractivity contribution in [1.82, 2.24) is 0 Å². The molecular formula is C19H34O2. The quantitative estimate of drug-likeness (QED) is 0.505. The minimum atomic E-state index is 0.323. The zero-order chi connectivity index (χ0) is 15.5. The molecule has 2 atom stereocenters. The number of unbranched alkanes of at least 4 members (excludes halogenated alkanes) is 1. The molecule has 0 aromatic carbocycles. The molecule has 0 N–H and O–H groups in total. The fraction of sp³-hybridized carbons (Fsp3) is 0.895. The first-order valence-corrected chi connectivity index (χ1v) is 9.20. The van der Waals surface area contributed by atoms with Crippen LogP contribution in [0, 0.1) is 11.8 Å². The highest BCUT2D eigenvalue weighted by atomic mass is 16.1. The number of carbonyl (C=O) groups is 2. The SMILES string of the molecule is CCCCC1CCCCC1CC(=O)CCCC(=O)CCC. The molecule has 1 saturated carbocycles. The van der Waals surface area contributed by atoms with Crippen molar-refractivity contribution in [2.24, 2.45) is 11.8 Å². The van der Waals surface area contributed by atoms with Gasteiger partial charge in [-0.05, 0) is 31.1 Å². The zero-order valence-corrected chi connectivity index (χ0v) is 14.2. The van der Waals surface area contributed by atoms with Gasteiger partial charge in [-0.25, -0.2) is 0 Å². The van der Waals surface area contributed by atoms with Crippen LogP contribution in [0.15, 0.2) is 0 Å². The molecule has 0 heterocycles. The molecule has 0 amide bonds. The van der Waals surface area contributed by atoms with Crippen LogP contribution >= 0.6 is 0 Å². The monoisotopic (exact) mass is 294 g/mol. The second kappa shape index (κ2) is 11.0. The van der Waals surface area contributed by atoms with E-state index in [2.05, 4.69) is 6.92 Å². The van der Waals surface area contributed by atoms with E-state index in [4.69, 9.17) is 0 Å². The maximum absolute atomic E-state index is 12.2. The third-order valence-corrected chi connectivity index (χ3v) is 4.92. The largest absolute Gasteiger partial charge is 0.300 e. The van der Waals surface area contributed by atoms with Gasteiger partial charge in [0.2, 0.25) is 0 Å². The van der Waals surface area contributed by atoms with Gasteiger partial charge >= 0.3 is 0 Å². The summed E-state index contributed by atoms with van der Waals surface area (Å²) in [6.07, 6.45) is 13.5. The van der Waals surface area contributed by atoms with Crippen LogP contribution in [-0.2, 0) is 9.59 Å². The standard InChI is InChI=1S/C19H34O2/c1-3-5-10-16-11-6-7-12-17(16)15-19(21)14-8-13-18(20)9-4-2/h16-17H,3-15H2,1-2H3. The van der Waals surface area contributed by atoms with Gasteiger partial charge in [-0.3, -0.25) is 9.59 Å². The molecule has 1 fully saturated rings. The predicted octanol–water partition coefficient (Wildman–Crippen LogP) is 5.48. The fourth-order valence-corrected chi connectivity index (χ4v) is 3.68. The predicted molar refractivity (Wildman–Crippen MR) is 88.4 cm³/mol. The van der Waals surface area contributed by atoms with Gasteiger partial charge in [0.05, 0.1) is 0 Å². The van der Waals surface area contributed by atoms with Crippen LogP contribution in [0.4, 0.5) is 0 Å². The van der Waals surface area contributed by atoms with Gasteiger partial charge in [0.25, 0.3) is 0 Å². The van der Waals surface area contributed by atoms with Crippen molar-refractivity contribution in [3.8, 4) is 0 Å². The lowest BCUT2D eigenvalue weighted by atomic mass is 9.74. The lowest BCUT2D eigenvalue weighted by molar-refractivity contribution is -0.121. The van der Waals surface area contributed by atoms with E-state index in [0.717, 1.165) is 25.2 Å². The van der Waals surface area contributed by atoms with Crippen molar-refractivity contribution in [2.75, 3.05) is 0 Å². The van der Waals surface area contributed by atoms with Crippen LogP contribution in [0.1, 0.15) is 97.3 Å². The Bertz CT molecular complexity index is 309. The second-order valence-corrected chi connectivity index (χ2v) is 6.83. The van der Waals surface area contributed by atoms with E-state index < -0.39 is 0 Å². The van der Waals surface area contributed by atoms with Gasteiger partial charge in [-0.2, -0.15) is 0 Å². The van der Waals surface area contributed by atoms with Crippen molar-refractivity contribution < 1.29 is 9.59 Å². The number of hydrogen-bond donors (Lipinski definition) is 0. The molecule has 0 bridgehead atoms. The summed E-state index contributed by atoms with van der Waals surface area (Å²) in [5.74, 6) is 2.13. The highest BCUT2D eigenvalue weighted by molar-refractivity contribution is 5.81. The van der Waals surface area contributed by atoms with Crippen molar-refractivity contribution in [3.05, 3.63) is 0 Å². The molecule has 1 aliphatic rings. The minimum Gasteiger partial charge on any atom is -0.300 e. The zero-order valence-electron chi connectivity index (χ0n) is 14.2. The van der Waals surface area contributed by atoms with Crippen LogP contribution in [0.3, 0.4) is 0 Å². The van der Waals surface area contributed by atoms with E-state index in [0.29, 0.717) is 36.7 Å². The third-order valence-electron chi connectivity index (χ3n) is 4.92. The lowest BCUT2D eigenvalue weighted by Gasteiger charge is -2.31. The Balaban J connectivity index is 2.25. The van der Waals surface area contributed by atoms with Crippen LogP contribution in [0.5, 0.6) is 0 Å². The average Bonchev–Trinajstić information content (AvgIpc) is 2.46. The molecule has 21 heavy (non-hydrogen) atoms. The number of carbonyl (C=O) groups excluding carboxylic acids is 2. The van der Waals surface area contributed by atoms with Crippen LogP contribution in [-0.4, -0.2) is 11.6 Å². The molecule has 122 valence electrons. The molecule has 0 aromatic heterocycles. The molecule has 2 nitrogen and oxygen atoms in total. The fourth-order valence-electron chi connectivity index (χ4n) is 3.68. The summed E-state index contributed by atoms with van der Waals surface area (Å²) < 4.78 is 0. The molecule has 1 aliphatic carbocycles. The first kappa shape index (κ1) is 18.4. The summed E-state index contributed by atoms with van der Waals surface area (Å²) in [6.45, 7) is 4.28. The molecule has 2 heteroatoms. The third kappa shape index (κ3) is 7.78. The Morgan fingerprint density at radius 2 is 1.48 bits per heavy atom. The van der Waals surface area contributed by atoms with Gasteiger partial charge < -0.3 is 0 Å². The Morgan fingerprint density at radius 3 is 2.14 bits per heavy atom. The topological polar surface area (TPSA) is 34.1 Å². The highest BCUT2D eigenvalue weighted by Gasteiger charge is 2.26. The van der Waals surface area contributed by atoms with Gasteiger partial charge in [0.15, 0.2) is 0 Å². The van der Waals surface area contributed by atoms with E-state index in [1.807, 2.05) is 6.92 Å². The van der Waals surface area contributed by atoms with Gasteiger partial charge in [-0.1, -0.05) is 52.4 Å². The Hall–Kier alpha value is -0.660. The molecule has 1 rings (SSSR count). The number of Topliss-reactive ketones (excluding diaryl/α,β-unsaturated/α-hetero) is 2. The molecule has 0 radical (unpaired) electrons. The van der Waals surface area contributed by atoms with E-state index in [-0.39, 0.29) is 0 Å². The molecule has 0 saturated heterocycles. The van der Waals surface area contributed by atoms with Gasteiger partial charge in [0, 0.05) is 25.7 Å². The Kier molecular flexibility index (Phi) is 9.62. The van der Waals surface area contributed by atoms with Crippen molar-refractivity contribution >= 4 is 11.6 Å². The van der Waals surface area contributed by atoms with Crippen LogP contribution < -0.4 is 0 Å². The number of rotatable bonds is 11.